The van der Waals surface area contributed by atoms with Gasteiger partial charge in [0.2, 0.25) is 0 Å². The first-order valence-corrected chi connectivity index (χ1v) is 6.44. The molecule has 2 rings (SSSR count). The van der Waals surface area contributed by atoms with Crippen LogP contribution in [0.1, 0.15) is 18.1 Å². The summed E-state index contributed by atoms with van der Waals surface area (Å²) in [4.78, 5) is 0. The highest BCUT2D eigenvalue weighted by Gasteiger charge is 2.11. The van der Waals surface area contributed by atoms with Gasteiger partial charge in [-0.2, -0.15) is 0 Å². The molecule has 2 aromatic rings. The van der Waals surface area contributed by atoms with Crippen molar-refractivity contribution in [1.29, 1.82) is 0 Å². The fourth-order valence-electron chi connectivity index (χ4n) is 1.77. The second-order valence-corrected chi connectivity index (χ2v) is 4.76. The minimum absolute atomic E-state index is 0.00787. The fourth-order valence-corrected chi connectivity index (χ4v) is 1.95. The molecule has 0 bridgehead atoms. The number of hydrogen-bond acceptors (Lipinski definition) is 3. The van der Waals surface area contributed by atoms with Crippen LogP contribution < -0.4 is 4.74 Å². The molecule has 0 aliphatic carbocycles. The molecule has 0 atom stereocenters. The Kier molecular flexibility index (Phi) is 4.75. The molecule has 0 unspecified atom stereocenters. The summed E-state index contributed by atoms with van der Waals surface area (Å²) in [5.41, 5.74) is 0.977. The second-order valence-electron chi connectivity index (χ2n) is 4.35. The van der Waals surface area contributed by atoms with E-state index in [0.717, 1.165) is 0 Å². The number of oxime groups is 1. The Morgan fingerprint density at radius 2 is 1.86 bits per heavy atom. The quantitative estimate of drug-likeness (QED) is 0.517. The average Bonchev–Trinajstić information content (AvgIpc) is 2.48. The van der Waals surface area contributed by atoms with Gasteiger partial charge in [0.15, 0.2) is 0 Å². The van der Waals surface area contributed by atoms with Crippen molar-refractivity contribution in [2.24, 2.45) is 5.16 Å². The summed E-state index contributed by atoms with van der Waals surface area (Å²) in [7, 11) is 0. The number of hydrogen-bond donors (Lipinski definition) is 1. The molecule has 0 radical (unpaired) electrons. The Balaban J connectivity index is 2.26. The molecule has 2 aromatic carbocycles. The molecular weight excluding hydrogens is 300 g/mol. The van der Waals surface area contributed by atoms with Gasteiger partial charge in [0.25, 0.3) is 0 Å². The van der Waals surface area contributed by atoms with E-state index in [1.807, 2.05) is 0 Å². The Labute approximate surface area is 125 Å². The van der Waals surface area contributed by atoms with E-state index in [1.54, 1.807) is 0 Å². The topological polar surface area (TPSA) is 41.8 Å². The van der Waals surface area contributed by atoms with Crippen LogP contribution in [0.25, 0.3) is 0 Å². The summed E-state index contributed by atoms with van der Waals surface area (Å²) >= 11 is 5.95. The Hall–Kier alpha value is -2.14. The summed E-state index contributed by atoms with van der Waals surface area (Å²) in [6.45, 7) is 1.52. The minimum atomic E-state index is -0.482. The highest BCUT2D eigenvalue weighted by atomic mass is 35.5. The highest BCUT2D eigenvalue weighted by Crippen LogP contribution is 2.24. The molecule has 0 amide bonds. The van der Waals surface area contributed by atoms with E-state index >= 15 is 0 Å². The van der Waals surface area contributed by atoms with Gasteiger partial charge in [-0.1, -0.05) is 16.8 Å². The molecule has 0 aliphatic heterocycles. The first-order valence-electron chi connectivity index (χ1n) is 6.06. The summed E-state index contributed by atoms with van der Waals surface area (Å²) in [5, 5.41) is 12.2. The van der Waals surface area contributed by atoms with Gasteiger partial charge in [0.05, 0.1) is 5.71 Å². The van der Waals surface area contributed by atoms with E-state index < -0.39 is 11.6 Å². The molecule has 0 aromatic heterocycles. The standard InChI is InChI=1S/C15H12ClF2NO2/c1-9(19-20)13-7-12(18)3-5-15(13)21-8-10-6-11(17)2-4-14(10)16/h2-7,20H,8H2,1H3/b19-9-. The molecule has 1 N–H and O–H groups in total. The summed E-state index contributed by atoms with van der Waals surface area (Å²) in [6, 6.07) is 7.76. The van der Waals surface area contributed by atoms with Crippen molar-refractivity contribution in [2.45, 2.75) is 13.5 Å². The lowest BCUT2D eigenvalue weighted by atomic mass is 10.1. The van der Waals surface area contributed by atoms with Crippen LogP contribution in [0.5, 0.6) is 5.75 Å². The molecule has 0 fully saturated rings. The normalized spacial score (nSPS) is 11.5. The van der Waals surface area contributed by atoms with Gasteiger partial charge in [-0.25, -0.2) is 8.78 Å². The zero-order chi connectivity index (χ0) is 15.4. The third-order valence-corrected chi connectivity index (χ3v) is 3.24. The van der Waals surface area contributed by atoms with Crippen LogP contribution in [0, 0.1) is 11.6 Å². The Bertz CT molecular complexity index is 689. The summed E-state index contributed by atoms with van der Waals surface area (Å²) in [5.74, 6) is -0.596. The molecule has 0 aliphatic rings. The van der Waals surface area contributed by atoms with E-state index in [4.69, 9.17) is 21.5 Å². The van der Waals surface area contributed by atoms with Crippen molar-refractivity contribution in [1.82, 2.24) is 0 Å². The van der Waals surface area contributed by atoms with Gasteiger partial charge in [0.1, 0.15) is 24.0 Å². The van der Waals surface area contributed by atoms with Crippen molar-refractivity contribution in [3.05, 3.63) is 64.2 Å². The van der Waals surface area contributed by atoms with E-state index in [2.05, 4.69) is 5.16 Å². The fraction of sp³-hybridized carbons (Fsp3) is 0.133. The van der Waals surface area contributed by atoms with Crippen molar-refractivity contribution in [2.75, 3.05) is 0 Å². The molecule has 0 heterocycles. The van der Waals surface area contributed by atoms with Crippen LogP contribution in [-0.2, 0) is 6.61 Å². The largest absolute Gasteiger partial charge is 0.488 e. The van der Waals surface area contributed by atoms with Crippen LogP contribution in [0.15, 0.2) is 41.6 Å². The molecule has 0 saturated carbocycles. The molecule has 110 valence electrons. The molecule has 0 spiro atoms. The first-order chi connectivity index (χ1) is 10.0. The maximum atomic E-state index is 13.3. The van der Waals surface area contributed by atoms with Crippen molar-refractivity contribution < 1.29 is 18.7 Å². The zero-order valence-corrected chi connectivity index (χ0v) is 11.9. The maximum Gasteiger partial charge on any atom is 0.129 e. The number of nitrogens with zero attached hydrogens (tertiary/aromatic N) is 1. The highest BCUT2D eigenvalue weighted by molar-refractivity contribution is 6.31. The average molecular weight is 312 g/mol. The van der Waals surface area contributed by atoms with Crippen molar-refractivity contribution in [3.63, 3.8) is 0 Å². The summed E-state index contributed by atoms with van der Waals surface area (Å²) < 4.78 is 32.0. The Morgan fingerprint density at radius 3 is 2.57 bits per heavy atom. The van der Waals surface area contributed by atoms with Crippen LogP contribution in [-0.4, -0.2) is 10.9 Å². The monoisotopic (exact) mass is 311 g/mol. The number of ether oxygens (including phenoxy) is 1. The zero-order valence-electron chi connectivity index (χ0n) is 11.1. The molecule has 21 heavy (non-hydrogen) atoms. The van der Waals surface area contributed by atoms with Gasteiger partial charge >= 0.3 is 0 Å². The molecular formula is C15H12ClF2NO2. The minimum Gasteiger partial charge on any atom is -0.488 e. The van der Waals surface area contributed by atoms with Gasteiger partial charge in [-0.15, -0.1) is 0 Å². The predicted molar refractivity (Wildman–Crippen MR) is 76.1 cm³/mol. The number of benzene rings is 2. The van der Waals surface area contributed by atoms with Gasteiger partial charge in [-0.05, 0) is 43.3 Å². The van der Waals surface area contributed by atoms with E-state index in [9.17, 15) is 8.78 Å². The molecule has 0 saturated heterocycles. The smallest absolute Gasteiger partial charge is 0.129 e. The number of halogens is 3. The van der Waals surface area contributed by atoms with E-state index in [1.165, 1.54) is 43.3 Å². The SMILES string of the molecule is C/C(=N/O)c1cc(F)ccc1OCc1cc(F)ccc1Cl. The second kappa shape index (κ2) is 6.54. The lowest BCUT2D eigenvalue weighted by Gasteiger charge is -2.12. The van der Waals surface area contributed by atoms with Crippen molar-refractivity contribution >= 4 is 17.3 Å². The first kappa shape index (κ1) is 15.3. The van der Waals surface area contributed by atoms with Gasteiger partial charge < -0.3 is 9.94 Å². The van der Waals surface area contributed by atoms with Crippen LogP contribution in [0.2, 0.25) is 5.02 Å². The molecule has 3 nitrogen and oxygen atoms in total. The predicted octanol–water partition coefficient (Wildman–Crippen LogP) is 4.40. The Morgan fingerprint density at radius 1 is 1.19 bits per heavy atom. The third-order valence-electron chi connectivity index (χ3n) is 2.87. The van der Waals surface area contributed by atoms with E-state index in [0.29, 0.717) is 21.9 Å². The van der Waals surface area contributed by atoms with Crippen molar-refractivity contribution in [3.8, 4) is 5.75 Å². The lowest BCUT2D eigenvalue weighted by molar-refractivity contribution is 0.302. The van der Waals surface area contributed by atoms with Gasteiger partial charge in [-0.3, -0.25) is 0 Å². The van der Waals surface area contributed by atoms with Crippen LogP contribution in [0.4, 0.5) is 8.78 Å². The van der Waals surface area contributed by atoms with Crippen LogP contribution >= 0.6 is 11.6 Å². The van der Waals surface area contributed by atoms with E-state index in [-0.39, 0.29) is 12.3 Å². The van der Waals surface area contributed by atoms with Gasteiger partial charge in [0, 0.05) is 16.1 Å². The number of rotatable bonds is 4. The van der Waals surface area contributed by atoms with Crippen LogP contribution in [0.3, 0.4) is 0 Å². The molecule has 6 heteroatoms. The third kappa shape index (κ3) is 3.70. The maximum absolute atomic E-state index is 13.3. The summed E-state index contributed by atoms with van der Waals surface area (Å²) in [6.07, 6.45) is 0. The lowest BCUT2D eigenvalue weighted by Crippen LogP contribution is -2.04.